The maximum atomic E-state index is 13.0. The first-order chi connectivity index (χ1) is 14.9. The molecule has 1 unspecified atom stereocenters. The summed E-state index contributed by atoms with van der Waals surface area (Å²) in [6, 6.07) is 13.8. The molecule has 0 saturated heterocycles. The zero-order chi connectivity index (χ0) is 22.6. The first-order valence-electron chi connectivity index (χ1n) is 10.6. The van der Waals surface area contributed by atoms with Gasteiger partial charge in [-0.3, -0.25) is 9.59 Å². The zero-order valence-electron chi connectivity index (χ0n) is 18.1. The highest BCUT2D eigenvalue weighted by atomic mass is 35.5. The lowest BCUT2D eigenvalue weighted by atomic mass is 10.1. The number of unbranched alkanes of at least 4 members (excludes halogenated alkanes) is 1. The number of carbonyl (C=O) groups is 2. The third-order valence-electron chi connectivity index (χ3n) is 4.88. The summed E-state index contributed by atoms with van der Waals surface area (Å²) < 4.78 is 5.67. The fourth-order valence-electron chi connectivity index (χ4n) is 2.99. The van der Waals surface area contributed by atoms with Crippen molar-refractivity contribution in [1.82, 2.24) is 10.2 Å². The van der Waals surface area contributed by atoms with Crippen molar-refractivity contribution in [2.45, 2.75) is 52.1 Å². The van der Waals surface area contributed by atoms with Crippen LogP contribution in [0, 0.1) is 0 Å². The largest absolute Gasteiger partial charge is 0.494 e. The van der Waals surface area contributed by atoms with E-state index in [0.29, 0.717) is 41.9 Å². The maximum Gasteiger partial charge on any atom is 0.242 e. The van der Waals surface area contributed by atoms with Gasteiger partial charge >= 0.3 is 0 Å². The number of hydrogen-bond donors (Lipinski definition) is 1. The Morgan fingerprint density at radius 1 is 1.00 bits per heavy atom. The Morgan fingerprint density at radius 3 is 2.23 bits per heavy atom. The standard InChI is InChI=1S/C24H30Cl2N2O3/c1-3-4-15-27-24(30)18(2)28(17-19-7-9-20(25)10-8-19)23(29)6-5-16-31-22-13-11-21(26)12-14-22/h7-14,18H,3-6,15-17H2,1-2H3,(H,27,30). The molecule has 0 aliphatic heterocycles. The van der Waals surface area contributed by atoms with Gasteiger partial charge in [0, 0.05) is 29.6 Å². The topological polar surface area (TPSA) is 58.6 Å². The highest BCUT2D eigenvalue weighted by Gasteiger charge is 2.25. The van der Waals surface area contributed by atoms with E-state index < -0.39 is 6.04 Å². The zero-order valence-corrected chi connectivity index (χ0v) is 19.6. The second-order valence-corrected chi connectivity index (χ2v) is 8.25. The molecule has 1 N–H and O–H groups in total. The molecule has 0 bridgehead atoms. The van der Waals surface area contributed by atoms with Crippen LogP contribution in [0.2, 0.25) is 10.0 Å². The first kappa shape index (κ1) is 25.0. The van der Waals surface area contributed by atoms with Crippen LogP contribution in [-0.4, -0.2) is 35.9 Å². The van der Waals surface area contributed by atoms with Crippen LogP contribution >= 0.6 is 23.2 Å². The van der Waals surface area contributed by atoms with E-state index in [4.69, 9.17) is 27.9 Å². The molecule has 31 heavy (non-hydrogen) atoms. The van der Waals surface area contributed by atoms with Gasteiger partial charge in [0.25, 0.3) is 0 Å². The third-order valence-corrected chi connectivity index (χ3v) is 5.38. The molecular formula is C24H30Cl2N2O3. The molecule has 2 aromatic rings. The Bertz CT molecular complexity index is 826. The quantitative estimate of drug-likeness (QED) is 0.422. The van der Waals surface area contributed by atoms with E-state index in [1.165, 1.54) is 0 Å². The van der Waals surface area contributed by atoms with Gasteiger partial charge in [0.2, 0.25) is 11.8 Å². The van der Waals surface area contributed by atoms with Crippen molar-refractivity contribution in [3.8, 4) is 5.75 Å². The monoisotopic (exact) mass is 464 g/mol. The Labute approximate surface area is 194 Å². The molecule has 0 radical (unpaired) electrons. The van der Waals surface area contributed by atoms with Gasteiger partial charge < -0.3 is 15.0 Å². The summed E-state index contributed by atoms with van der Waals surface area (Å²) in [6.07, 6.45) is 2.73. The van der Waals surface area contributed by atoms with Crippen LogP contribution in [0.3, 0.4) is 0 Å². The van der Waals surface area contributed by atoms with Crippen molar-refractivity contribution >= 4 is 35.0 Å². The molecule has 7 heteroatoms. The number of amides is 2. The fourth-order valence-corrected chi connectivity index (χ4v) is 3.25. The molecule has 0 fully saturated rings. The van der Waals surface area contributed by atoms with E-state index in [2.05, 4.69) is 12.2 Å². The number of hydrogen-bond acceptors (Lipinski definition) is 3. The lowest BCUT2D eigenvalue weighted by Crippen LogP contribution is -2.47. The van der Waals surface area contributed by atoms with Gasteiger partial charge in [-0.25, -0.2) is 0 Å². The summed E-state index contributed by atoms with van der Waals surface area (Å²) >= 11 is 11.8. The van der Waals surface area contributed by atoms with Crippen molar-refractivity contribution in [3.05, 3.63) is 64.1 Å². The summed E-state index contributed by atoms with van der Waals surface area (Å²) in [6.45, 7) is 5.19. The molecule has 2 amide bonds. The number of halogens is 2. The van der Waals surface area contributed by atoms with Crippen LogP contribution in [0.15, 0.2) is 48.5 Å². The van der Waals surface area contributed by atoms with Gasteiger partial charge in [0.15, 0.2) is 0 Å². The van der Waals surface area contributed by atoms with Crippen LogP contribution < -0.4 is 10.1 Å². The molecule has 0 aliphatic carbocycles. The summed E-state index contributed by atoms with van der Waals surface area (Å²) in [5.74, 6) is 0.472. The van der Waals surface area contributed by atoms with Crippen molar-refractivity contribution in [3.63, 3.8) is 0 Å². The number of nitrogens with one attached hydrogen (secondary N) is 1. The number of carbonyl (C=O) groups excluding carboxylic acids is 2. The molecule has 0 aromatic heterocycles. The van der Waals surface area contributed by atoms with Gasteiger partial charge in [0.05, 0.1) is 6.61 Å². The predicted octanol–water partition coefficient (Wildman–Crippen LogP) is 5.49. The van der Waals surface area contributed by atoms with Crippen LogP contribution in [0.1, 0.15) is 45.1 Å². The summed E-state index contributed by atoms with van der Waals surface area (Å²) in [4.78, 5) is 27.2. The minimum absolute atomic E-state index is 0.0900. The predicted molar refractivity (Wildman–Crippen MR) is 126 cm³/mol. The number of rotatable bonds is 12. The second-order valence-electron chi connectivity index (χ2n) is 7.37. The average molecular weight is 465 g/mol. The van der Waals surface area contributed by atoms with Gasteiger partial charge in [-0.1, -0.05) is 48.7 Å². The van der Waals surface area contributed by atoms with E-state index in [0.717, 1.165) is 18.4 Å². The average Bonchev–Trinajstić information content (AvgIpc) is 2.77. The maximum absolute atomic E-state index is 13.0. The normalized spacial score (nSPS) is 11.6. The van der Waals surface area contributed by atoms with Gasteiger partial charge in [-0.15, -0.1) is 0 Å². The number of nitrogens with zero attached hydrogens (tertiary/aromatic N) is 1. The SMILES string of the molecule is CCCCNC(=O)C(C)N(Cc1ccc(Cl)cc1)C(=O)CCCOc1ccc(Cl)cc1. The molecule has 2 aromatic carbocycles. The molecule has 168 valence electrons. The summed E-state index contributed by atoms with van der Waals surface area (Å²) in [5.41, 5.74) is 0.920. The smallest absolute Gasteiger partial charge is 0.242 e. The van der Waals surface area contributed by atoms with Crippen LogP contribution in [0.5, 0.6) is 5.75 Å². The minimum atomic E-state index is -0.572. The van der Waals surface area contributed by atoms with Crippen molar-refractivity contribution in [2.24, 2.45) is 0 Å². The number of benzene rings is 2. The van der Waals surface area contributed by atoms with E-state index in [1.54, 1.807) is 48.2 Å². The van der Waals surface area contributed by atoms with E-state index >= 15 is 0 Å². The fraction of sp³-hybridized carbons (Fsp3) is 0.417. The highest BCUT2D eigenvalue weighted by Crippen LogP contribution is 2.17. The van der Waals surface area contributed by atoms with Gasteiger partial charge in [-0.2, -0.15) is 0 Å². The molecule has 1 atom stereocenters. The lowest BCUT2D eigenvalue weighted by molar-refractivity contribution is -0.140. The molecule has 0 aliphatic rings. The Hall–Kier alpha value is -2.24. The highest BCUT2D eigenvalue weighted by molar-refractivity contribution is 6.30. The Kier molecular flexibility index (Phi) is 10.7. The second kappa shape index (κ2) is 13.2. The van der Waals surface area contributed by atoms with Crippen molar-refractivity contribution in [1.29, 1.82) is 0 Å². The van der Waals surface area contributed by atoms with Crippen LogP contribution in [0.25, 0.3) is 0 Å². The Morgan fingerprint density at radius 2 is 1.61 bits per heavy atom. The summed E-state index contributed by atoms with van der Waals surface area (Å²) in [5, 5.41) is 4.19. The third kappa shape index (κ3) is 8.80. The minimum Gasteiger partial charge on any atom is -0.494 e. The van der Waals surface area contributed by atoms with Crippen LogP contribution in [0.4, 0.5) is 0 Å². The molecule has 0 spiro atoms. The Balaban J connectivity index is 1.96. The first-order valence-corrected chi connectivity index (χ1v) is 11.4. The van der Waals surface area contributed by atoms with Gasteiger partial charge in [0.1, 0.15) is 11.8 Å². The van der Waals surface area contributed by atoms with E-state index in [1.807, 2.05) is 12.1 Å². The van der Waals surface area contributed by atoms with E-state index in [-0.39, 0.29) is 18.2 Å². The molecule has 0 saturated carbocycles. The summed E-state index contributed by atoms with van der Waals surface area (Å²) in [7, 11) is 0. The molecule has 5 nitrogen and oxygen atoms in total. The van der Waals surface area contributed by atoms with E-state index in [9.17, 15) is 9.59 Å². The lowest BCUT2D eigenvalue weighted by Gasteiger charge is -2.29. The molecule has 2 rings (SSSR count). The molecular weight excluding hydrogens is 435 g/mol. The van der Waals surface area contributed by atoms with Gasteiger partial charge in [-0.05, 0) is 61.7 Å². The van der Waals surface area contributed by atoms with Crippen molar-refractivity contribution < 1.29 is 14.3 Å². The molecule has 0 heterocycles. The van der Waals surface area contributed by atoms with Crippen molar-refractivity contribution in [2.75, 3.05) is 13.2 Å². The van der Waals surface area contributed by atoms with Crippen LogP contribution in [-0.2, 0) is 16.1 Å². The number of ether oxygens (including phenoxy) is 1.